The highest BCUT2D eigenvalue weighted by molar-refractivity contribution is 5.93. The second-order valence-corrected chi connectivity index (χ2v) is 6.89. The molecule has 156 valence electrons. The van der Waals surface area contributed by atoms with Gasteiger partial charge in [-0.25, -0.2) is 4.98 Å². The molecule has 0 radical (unpaired) electrons. The van der Waals surface area contributed by atoms with Gasteiger partial charge in [0.05, 0.1) is 26.1 Å². The zero-order valence-electron chi connectivity index (χ0n) is 16.9. The number of amides is 1. The van der Waals surface area contributed by atoms with Gasteiger partial charge in [0, 0.05) is 43.9 Å². The van der Waals surface area contributed by atoms with Crippen LogP contribution in [0.15, 0.2) is 42.9 Å². The molecule has 0 unspecified atom stereocenters. The summed E-state index contributed by atoms with van der Waals surface area (Å²) in [6.45, 7) is 1.20. The third-order valence-corrected chi connectivity index (χ3v) is 5.05. The first kappa shape index (κ1) is 19.7. The fourth-order valence-corrected chi connectivity index (χ4v) is 3.45. The van der Waals surface area contributed by atoms with Crippen molar-refractivity contribution in [1.82, 2.24) is 25.1 Å². The quantitative estimate of drug-likeness (QED) is 0.667. The molecule has 9 nitrogen and oxygen atoms in total. The number of carbonyl (C=O) groups excluding carboxylic acids is 1. The SMILES string of the molecule is COc1ccc(OC)c(-c2cc(C(=O)N3CCC(Oc4cnccn4)CC3)[nH]n2)c1. The molecule has 1 N–H and O–H groups in total. The number of aromatic amines is 1. The molecule has 3 aromatic rings. The lowest BCUT2D eigenvalue weighted by Crippen LogP contribution is -2.42. The number of hydrogen-bond acceptors (Lipinski definition) is 7. The van der Waals surface area contributed by atoms with Crippen LogP contribution in [0.2, 0.25) is 0 Å². The van der Waals surface area contributed by atoms with Gasteiger partial charge in [-0.05, 0) is 24.3 Å². The van der Waals surface area contributed by atoms with Crippen molar-refractivity contribution >= 4 is 5.91 Å². The normalized spacial score (nSPS) is 14.4. The van der Waals surface area contributed by atoms with Gasteiger partial charge in [-0.2, -0.15) is 5.10 Å². The largest absolute Gasteiger partial charge is 0.497 e. The van der Waals surface area contributed by atoms with Crippen LogP contribution in [0.3, 0.4) is 0 Å². The van der Waals surface area contributed by atoms with E-state index < -0.39 is 0 Å². The van der Waals surface area contributed by atoms with Gasteiger partial charge in [-0.15, -0.1) is 0 Å². The summed E-state index contributed by atoms with van der Waals surface area (Å²) < 4.78 is 16.5. The van der Waals surface area contributed by atoms with Crippen molar-refractivity contribution < 1.29 is 19.0 Å². The summed E-state index contributed by atoms with van der Waals surface area (Å²) in [6, 6.07) is 7.20. The molecule has 1 amide bonds. The van der Waals surface area contributed by atoms with Gasteiger partial charge in [0.2, 0.25) is 5.88 Å². The van der Waals surface area contributed by atoms with Gasteiger partial charge in [-0.3, -0.25) is 14.9 Å². The third-order valence-electron chi connectivity index (χ3n) is 5.05. The number of methoxy groups -OCH3 is 2. The van der Waals surface area contributed by atoms with Crippen LogP contribution in [0.4, 0.5) is 0 Å². The maximum Gasteiger partial charge on any atom is 0.271 e. The molecule has 1 fully saturated rings. The number of benzene rings is 1. The summed E-state index contributed by atoms with van der Waals surface area (Å²) in [5.74, 6) is 1.76. The zero-order chi connectivity index (χ0) is 20.9. The lowest BCUT2D eigenvalue weighted by atomic mass is 10.1. The predicted molar refractivity (Wildman–Crippen MR) is 109 cm³/mol. The Morgan fingerprint density at radius 1 is 1.13 bits per heavy atom. The Balaban J connectivity index is 1.42. The molecule has 1 aromatic carbocycles. The molecular formula is C21H23N5O4. The summed E-state index contributed by atoms with van der Waals surface area (Å²) >= 11 is 0. The molecule has 30 heavy (non-hydrogen) atoms. The van der Waals surface area contributed by atoms with E-state index in [-0.39, 0.29) is 12.0 Å². The standard InChI is InChI=1S/C21H23N5O4/c1-28-15-3-4-19(29-2)16(11-15)17-12-18(25-24-17)21(27)26-9-5-14(6-10-26)30-20-13-22-7-8-23-20/h3-4,7-8,11-14H,5-6,9-10H2,1-2H3,(H,24,25). The number of ether oxygens (including phenoxy) is 3. The number of H-pyrrole nitrogens is 1. The van der Waals surface area contributed by atoms with Gasteiger partial charge in [-0.1, -0.05) is 0 Å². The zero-order valence-corrected chi connectivity index (χ0v) is 16.9. The first-order valence-corrected chi connectivity index (χ1v) is 9.67. The highest BCUT2D eigenvalue weighted by atomic mass is 16.5. The van der Waals surface area contributed by atoms with Crippen molar-refractivity contribution in [3.05, 3.63) is 48.5 Å². The van der Waals surface area contributed by atoms with Crippen LogP contribution in [0.5, 0.6) is 17.4 Å². The lowest BCUT2D eigenvalue weighted by Gasteiger charge is -2.31. The number of carbonyl (C=O) groups is 1. The Hall–Kier alpha value is -3.62. The summed E-state index contributed by atoms with van der Waals surface area (Å²) in [7, 11) is 3.19. The second kappa shape index (κ2) is 8.81. The molecule has 1 aliphatic heterocycles. The third kappa shape index (κ3) is 4.19. The van der Waals surface area contributed by atoms with Gasteiger partial charge in [0.1, 0.15) is 23.3 Å². The maximum atomic E-state index is 12.9. The molecule has 1 saturated heterocycles. The van der Waals surface area contributed by atoms with Crippen molar-refractivity contribution in [3.8, 4) is 28.6 Å². The van der Waals surface area contributed by atoms with Crippen LogP contribution in [-0.4, -0.2) is 64.4 Å². The molecule has 0 bridgehead atoms. The van der Waals surface area contributed by atoms with Crippen molar-refractivity contribution in [2.24, 2.45) is 0 Å². The van der Waals surface area contributed by atoms with Crippen LogP contribution in [0.1, 0.15) is 23.3 Å². The Kier molecular flexibility index (Phi) is 5.78. The van der Waals surface area contributed by atoms with Crippen molar-refractivity contribution in [3.63, 3.8) is 0 Å². The minimum atomic E-state index is -0.0893. The van der Waals surface area contributed by atoms with E-state index in [1.165, 1.54) is 0 Å². The van der Waals surface area contributed by atoms with Crippen LogP contribution in [0, 0.1) is 0 Å². The predicted octanol–water partition coefficient (Wildman–Crippen LogP) is 2.57. The summed E-state index contributed by atoms with van der Waals surface area (Å²) in [5.41, 5.74) is 1.81. The number of aromatic nitrogens is 4. The van der Waals surface area contributed by atoms with Crippen LogP contribution in [0.25, 0.3) is 11.3 Å². The second-order valence-electron chi connectivity index (χ2n) is 6.89. The van der Waals surface area contributed by atoms with Gasteiger partial charge in [0.25, 0.3) is 5.91 Å². The maximum absolute atomic E-state index is 12.9. The van der Waals surface area contributed by atoms with E-state index in [0.717, 1.165) is 18.4 Å². The highest BCUT2D eigenvalue weighted by Gasteiger charge is 2.26. The summed E-state index contributed by atoms with van der Waals surface area (Å²) in [6.07, 6.45) is 6.27. The number of likely N-dealkylation sites (tertiary alicyclic amines) is 1. The Morgan fingerprint density at radius 3 is 2.67 bits per heavy atom. The number of nitrogens with one attached hydrogen (secondary N) is 1. The average molecular weight is 409 g/mol. The van der Waals surface area contributed by atoms with Crippen molar-refractivity contribution in [2.75, 3.05) is 27.3 Å². The van der Waals surface area contributed by atoms with Crippen molar-refractivity contribution in [2.45, 2.75) is 18.9 Å². The minimum Gasteiger partial charge on any atom is -0.497 e. The Bertz CT molecular complexity index is 1000. The van der Waals surface area contributed by atoms with E-state index in [1.54, 1.807) is 43.8 Å². The molecule has 3 heterocycles. The van der Waals surface area contributed by atoms with E-state index >= 15 is 0 Å². The first-order valence-electron chi connectivity index (χ1n) is 9.67. The molecule has 2 aromatic heterocycles. The molecule has 0 aliphatic carbocycles. The number of hydrogen-bond donors (Lipinski definition) is 1. The summed E-state index contributed by atoms with van der Waals surface area (Å²) in [5, 5.41) is 7.16. The van der Waals surface area contributed by atoms with Gasteiger partial charge >= 0.3 is 0 Å². The fraction of sp³-hybridized carbons (Fsp3) is 0.333. The van der Waals surface area contributed by atoms with E-state index in [9.17, 15) is 4.79 Å². The monoisotopic (exact) mass is 409 g/mol. The molecule has 4 rings (SSSR count). The molecule has 0 saturated carbocycles. The van der Waals surface area contributed by atoms with Crippen LogP contribution in [-0.2, 0) is 0 Å². The van der Waals surface area contributed by atoms with E-state index in [4.69, 9.17) is 14.2 Å². The molecule has 1 aliphatic rings. The number of nitrogens with zero attached hydrogens (tertiary/aromatic N) is 4. The minimum absolute atomic E-state index is 0.0177. The van der Waals surface area contributed by atoms with Gasteiger partial charge < -0.3 is 19.1 Å². The lowest BCUT2D eigenvalue weighted by molar-refractivity contribution is 0.0582. The Labute approximate surface area is 174 Å². The van der Waals surface area contributed by atoms with Crippen LogP contribution >= 0.6 is 0 Å². The van der Waals surface area contributed by atoms with E-state index in [2.05, 4.69) is 20.2 Å². The van der Waals surface area contributed by atoms with Gasteiger partial charge in [0.15, 0.2) is 0 Å². The highest BCUT2D eigenvalue weighted by Crippen LogP contribution is 2.32. The topological polar surface area (TPSA) is 102 Å². The fourth-order valence-electron chi connectivity index (χ4n) is 3.45. The molecule has 9 heteroatoms. The van der Waals surface area contributed by atoms with Crippen molar-refractivity contribution in [1.29, 1.82) is 0 Å². The van der Waals surface area contributed by atoms with E-state index in [1.807, 2.05) is 18.2 Å². The molecule has 0 atom stereocenters. The van der Waals surface area contributed by atoms with E-state index in [0.29, 0.717) is 41.9 Å². The first-order chi connectivity index (χ1) is 14.7. The number of piperidine rings is 1. The Morgan fingerprint density at radius 2 is 1.97 bits per heavy atom. The smallest absolute Gasteiger partial charge is 0.271 e. The van der Waals surface area contributed by atoms with Crippen LogP contribution < -0.4 is 14.2 Å². The summed E-state index contributed by atoms with van der Waals surface area (Å²) in [4.78, 5) is 22.9. The average Bonchev–Trinajstić information content (AvgIpc) is 3.29. The number of rotatable bonds is 6. The molecule has 0 spiro atoms. The molecular weight excluding hydrogens is 386 g/mol.